The number of carbonyl (C=O) groups is 2. The second kappa shape index (κ2) is 12.2. The van der Waals surface area contributed by atoms with E-state index in [1.807, 2.05) is 30.3 Å². The van der Waals surface area contributed by atoms with Crippen molar-refractivity contribution >= 4 is 33.7 Å². The van der Waals surface area contributed by atoms with Gasteiger partial charge in [0.05, 0.1) is 23.7 Å². The van der Waals surface area contributed by atoms with E-state index >= 15 is 0 Å². The number of likely N-dealkylation sites (N-methyl/N-ethyl adjacent to an activating group) is 1. The van der Waals surface area contributed by atoms with Crippen molar-refractivity contribution < 1.29 is 18.0 Å². The summed E-state index contributed by atoms with van der Waals surface area (Å²) in [4.78, 5) is 29.5. The van der Waals surface area contributed by atoms with Crippen LogP contribution in [0.15, 0.2) is 59.7 Å². The molecule has 0 radical (unpaired) electrons. The summed E-state index contributed by atoms with van der Waals surface area (Å²) >= 11 is 0. The Labute approximate surface area is 225 Å². The van der Waals surface area contributed by atoms with Gasteiger partial charge in [0.1, 0.15) is 6.04 Å². The first kappa shape index (κ1) is 27.9. The van der Waals surface area contributed by atoms with Crippen molar-refractivity contribution in [2.75, 3.05) is 17.7 Å². The molecule has 0 spiro atoms. The van der Waals surface area contributed by atoms with Gasteiger partial charge in [-0.25, -0.2) is 13.3 Å². The maximum Gasteiger partial charge on any atom is 0.252 e. The summed E-state index contributed by atoms with van der Waals surface area (Å²) in [5.41, 5.74) is 1.90. The molecule has 204 valence electrons. The second-order valence-electron chi connectivity index (χ2n) is 10.1. The van der Waals surface area contributed by atoms with Gasteiger partial charge in [0.2, 0.25) is 10.0 Å². The lowest BCUT2D eigenvalue weighted by molar-refractivity contribution is -0.129. The fourth-order valence-electron chi connectivity index (χ4n) is 5.58. The number of anilines is 1. The minimum absolute atomic E-state index is 0.139. The molecule has 3 N–H and O–H groups in total. The molecule has 38 heavy (non-hydrogen) atoms. The van der Waals surface area contributed by atoms with Crippen molar-refractivity contribution in [3.8, 4) is 0 Å². The number of hydrazone groups is 1. The predicted octanol–water partition coefficient (Wildman–Crippen LogP) is 2.65. The Morgan fingerprint density at radius 1 is 1.11 bits per heavy atom. The molecule has 10 heteroatoms. The number of nitrogens with one attached hydrogen (secondary N) is 1. The van der Waals surface area contributed by atoms with Crippen LogP contribution in [0.4, 0.5) is 5.69 Å². The zero-order valence-electron chi connectivity index (χ0n) is 22.0. The fourth-order valence-corrected chi connectivity index (χ4v) is 6.54. The van der Waals surface area contributed by atoms with Gasteiger partial charge in [0, 0.05) is 13.1 Å². The third-order valence-corrected chi connectivity index (χ3v) is 9.64. The first-order chi connectivity index (χ1) is 18.2. The van der Waals surface area contributed by atoms with Crippen molar-refractivity contribution in [3.05, 3.63) is 65.7 Å². The van der Waals surface area contributed by atoms with E-state index in [2.05, 4.69) is 10.4 Å². The Hall–Kier alpha value is -3.08. The zero-order chi connectivity index (χ0) is 27.3. The van der Waals surface area contributed by atoms with Gasteiger partial charge < -0.3 is 11.2 Å². The van der Waals surface area contributed by atoms with Gasteiger partial charge in [-0.05, 0) is 61.8 Å². The van der Waals surface area contributed by atoms with E-state index in [-0.39, 0.29) is 24.1 Å². The van der Waals surface area contributed by atoms with Gasteiger partial charge in [0.25, 0.3) is 11.8 Å². The predicted molar refractivity (Wildman–Crippen MR) is 149 cm³/mol. The Balaban J connectivity index is 1.73. The molecule has 2 aromatic rings. The molecule has 4 atom stereocenters. The van der Waals surface area contributed by atoms with E-state index in [1.165, 1.54) is 18.2 Å². The number of rotatable bonds is 9. The molecule has 0 aromatic heterocycles. The molecule has 1 aliphatic carbocycles. The third kappa shape index (κ3) is 6.14. The monoisotopic (exact) mass is 539 g/mol. The van der Waals surface area contributed by atoms with E-state index in [4.69, 9.17) is 5.84 Å². The van der Waals surface area contributed by atoms with Crippen LogP contribution < -0.4 is 16.1 Å². The Bertz CT molecular complexity index is 1240. The molecular formula is C28H37N5O4S. The van der Waals surface area contributed by atoms with Crippen LogP contribution in [0.25, 0.3) is 0 Å². The van der Waals surface area contributed by atoms with Crippen LogP contribution in [0.3, 0.4) is 0 Å². The van der Waals surface area contributed by atoms with E-state index < -0.39 is 28.0 Å². The van der Waals surface area contributed by atoms with Crippen LogP contribution in [0.1, 0.15) is 50.2 Å². The molecule has 1 saturated heterocycles. The van der Waals surface area contributed by atoms with Gasteiger partial charge in [-0.2, -0.15) is 9.41 Å². The molecule has 1 saturated carbocycles. The smallest absolute Gasteiger partial charge is 0.252 e. The summed E-state index contributed by atoms with van der Waals surface area (Å²) < 4.78 is 27.0. The van der Waals surface area contributed by atoms with Crippen molar-refractivity contribution in [1.82, 2.24) is 9.62 Å². The average Bonchev–Trinajstić information content (AvgIpc) is 3.37. The topological polar surface area (TPSA) is 125 Å². The van der Waals surface area contributed by atoms with Crippen LogP contribution in [-0.4, -0.2) is 61.7 Å². The molecule has 0 bridgehead atoms. The molecule has 1 aliphatic heterocycles. The van der Waals surface area contributed by atoms with E-state index in [1.54, 1.807) is 31.2 Å². The number of imide groups is 1. The number of carbonyl (C=O) groups excluding carboxylic acids is 2. The van der Waals surface area contributed by atoms with Crippen LogP contribution >= 0.6 is 0 Å². The molecule has 2 aromatic carbocycles. The van der Waals surface area contributed by atoms with Gasteiger partial charge in [0.15, 0.2) is 0 Å². The number of fused-ring (bicyclic) bond motifs is 1. The molecule has 2 amide bonds. The van der Waals surface area contributed by atoms with Crippen molar-refractivity contribution in [2.45, 2.75) is 63.6 Å². The Morgan fingerprint density at radius 3 is 2.42 bits per heavy atom. The average molecular weight is 540 g/mol. The van der Waals surface area contributed by atoms with Gasteiger partial charge in [-0.1, -0.05) is 55.3 Å². The maximum atomic E-state index is 14.3. The summed E-state index contributed by atoms with van der Waals surface area (Å²) in [5, 5.41) is 7.01. The summed E-state index contributed by atoms with van der Waals surface area (Å²) in [7, 11) is -2.31. The van der Waals surface area contributed by atoms with Crippen molar-refractivity contribution in [3.63, 3.8) is 0 Å². The number of hydrogen-bond acceptors (Lipinski definition) is 7. The number of amides is 2. The molecule has 4 rings (SSSR count). The van der Waals surface area contributed by atoms with E-state index in [9.17, 15) is 18.0 Å². The molecule has 2 aliphatic rings. The lowest BCUT2D eigenvalue weighted by Gasteiger charge is -2.32. The highest BCUT2D eigenvalue weighted by atomic mass is 32.2. The summed E-state index contributed by atoms with van der Waals surface area (Å²) in [6, 6.07) is 14.7. The molecular weight excluding hydrogens is 502 g/mol. The number of nitrogens with two attached hydrogens (primary N) is 1. The first-order valence-corrected chi connectivity index (χ1v) is 14.8. The Kier molecular flexibility index (Phi) is 8.96. The van der Waals surface area contributed by atoms with Crippen LogP contribution in [0, 0.1) is 5.92 Å². The van der Waals surface area contributed by atoms with Gasteiger partial charge >= 0.3 is 0 Å². The van der Waals surface area contributed by atoms with E-state index in [0.29, 0.717) is 23.6 Å². The first-order valence-electron chi connectivity index (χ1n) is 13.2. The largest absolute Gasteiger partial charge is 0.323 e. The number of sulfonamides is 1. The summed E-state index contributed by atoms with van der Waals surface area (Å²) in [6.07, 6.45) is 6.63. The highest BCUT2D eigenvalue weighted by molar-refractivity contribution is 7.89. The van der Waals surface area contributed by atoms with Crippen LogP contribution in [-0.2, 0) is 26.0 Å². The number of benzene rings is 2. The fraction of sp³-hybridized carbons (Fsp3) is 0.464. The minimum Gasteiger partial charge on any atom is -0.323 e. The SMILES string of the molecule is CCS(=O)(=O)N(C)[C@H](Cc1ccccc1)C(=O)N(C(=O)C1CC2CCCCC2N1)c1ccc(C=NN)cc1. The lowest BCUT2D eigenvalue weighted by Crippen LogP contribution is -2.56. The zero-order valence-corrected chi connectivity index (χ0v) is 22.8. The van der Waals surface area contributed by atoms with Crippen molar-refractivity contribution in [1.29, 1.82) is 0 Å². The van der Waals surface area contributed by atoms with Gasteiger partial charge in [-0.3, -0.25) is 9.59 Å². The highest BCUT2D eigenvalue weighted by Gasteiger charge is 2.44. The van der Waals surface area contributed by atoms with Crippen LogP contribution in [0.2, 0.25) is 0 Å². The maximum absolute atomic E-state index is 14.3. The second-order valence-corrected chi connectivity index (χ2v) is 12.4. The third-order valence-electron chi connectivity index (χ3n) is 7.78. The highest BCUT2D eigenvalue weighted by Crippen LogP contribution is 2.34. The minimum atomic E-state index is -3.73. The Morgan fingerprint density at radius 2 is 1.79 bits per heavy atom. The number of hydrogen-bond donors (Lipinski definition) is 2. The van der Waals surface area contributed by atoms with E-state index in [0.717, 1.165) is 35.6 Å². The van der Waals surface area contributed by atoms with Crippen molar-refractivity contribution in [2.24, 2.45) is 16.9 Å². The normalized spacial score (nSPS) is 22.3. The lowest BCUT2D eigenvalue weighted by atomic mass is 9.85. The van der Waals surface area contributed by atoms with Gasteiger partial charge in [-0.15, -0.1) is 0 Å². The molecule has 3 unspecified atom stereocenters. The number of nitrogens with zero attached hydrogens (tertiary/aromatic N) is 3. The van der Waals surface area contributed by atoms with Crippen LogP contribution in [0.5, 0.6) is 0 Å². The molecule has 2 fully saturated rings. The molecule has 9 nitrogen and oxygen atoms in total. The summed E-state index contributed by atoms with van der Waals surface area (Å²) in [6.45, 7) is 1.54. The molecule has 1 heterocycles. The quantitative estimate of drug-likeness (QED) is 0.287. The summed E-state index contributed by atoms with van der Waals surface area (Å²) in [5.74, 6) is 4.59. The standard InChI is InChI=1S/C28H37N5O4S/c1-3-38(36,37)32(2)26(17-20-9-5-4-6-10-20)28(35)33(23-15-13-21(14-16-23)19-30-29)27(34)25-18-22-11-7-8-12-24(22)31-25/h4-6,9-10,13-16,19,22,24-26,31H,3,7-8,11-12,17-18,29H2,1-2H3/t22?,24?,25?,26-/m1/s1.